The average Bonchev–Trinajstić information content (AvgIpc) is 2.14. The summed E-state index contributed by atoms with van der Waals surface area (Å²) in [6.07, 6.45) is 4.76. The molecular formula is C14H19NO2SSi. The second-order valence-corrected chi connectivity index (χ2v) is 13.1. The zero-order valence-corrected chi connectivity index (χ0v) is 13.4. The average molecular weight is 293 g/mol. The van der Waals surface area contributed by atoms with Crippen LogP contribution in [0.2, 0.25) is 24.7 Å². The quantitative estimate of drug-likeness (QED) is 0.632. The van der Waals surface area contributed by atoms with Crippen molar-refractivity contribution in [2.24, 2.45) is 5.41 Å². The summed E-state index contributed by atoms with van der Waals surface area (Å²) >= 11 is 5.13. The largest absolute Gasteiger partial charge is 0.339 e. The summed E-state index contributed by atoms with van der Waals surface area (Å²) in [7, 11) is -1.16. The Morgan fingerprint density at radius 1 is 1.32 bits per heavy atom. The van der Waals surface area contributed by atoms with Crippen LogP contribution in [-0.2, 0) is 4.79 Å². The van der Waals surface area contributed by atoms with Crippen LogP contribution in [0.1, 0.15) is 19.3 Å². The first-order chi connectivity index (χ1) is 8.78. The van der Waals surface area contributed by atoms with Crippen LogP contribution in [0.4, 0.5) is 0 Å². The lowest BCUT2D eigenvalue weighted by molar-refractivity contribution is -0.189. The van der Waals surface area contributed by atoms with Gasteiger partial charge in [-0.25, -0.2) is 4.79 Å². The highest BCUT2D eigenvalue weighted by Crippen LogP contribution is 2.81. The van der Waals surface area contributed by atoms with E-state index in [1.165, 1.54) is 4.73 Å². The third-order valence-electron chi connectivity index (χ3n) is 5.02. The van der Waals surface area contributed by atoms with E-state index in [0.717, 1.165) is 19.3 Å². The zero-order chi connectivity index (χ0) is 13.9. The van der Waals surface area contributed by atoms with Crippen LogP contribution in [0.25, 0.3) is 0 Å². The van der Waals surface area contributed by atoms with Gasteiger partial charge in [0.25, 0.3) is 0 Å². The molecule has 3 nitrogen and oxygen atoms in total. The van der Waals surface area contributed by atoms with Crippen molar-refractivity contribution in [3.05, 3.63) is 29.0 Å². The smallest absolute Gasteiger partial charge is 0.335 e. The molecule has 3 aliphatic rings. The van der Waals surface area contributed by atoms with Gasteiger partial charge in [-0.05, 0) is 36.4 Å². The molecule has 0 unspecified atom stereocenters. The first-order valence-electron chi connectivity index (χ1n) is 6.69. The molecule has 3 saturated carbocycles. The van der Waals surface area contributed by atoms with Gasteiger partial charge in [0.1, 0.15) is 4.64 Å². The van der Waals surface area contributed by atoms with Gasteiger partial charge in [0.2, 0.25) is 0 Å². The first-order valence-corrected chi connectivity index (χ1v) is 10.6. The molecule has 2 bridgehead atoms. The summed E-state index contributed by atoms with van der Waals surface area (Å²) in [4.78, 5) is 17.7. The van der Waals surface area contributed by atoms with Gasteiger partial charge in [0, 0.05) is 6.20 Å². The minimum absolute atomic E-state index is 0.102. The van der Waals surface area contributed by atoms with Crippen molar-refractivity contribution in [3.63, 3.8) is 0 Å². The Hall–Kier alpha value is -0.943. The highest BCUT2D eigenvalue weighted by Gasteiger charge is 2.76. The predicted molar refractivity (Wildman–Crippen MR) is 79.2 cm³/mol. The summed E-state index contributed by atoms with van der Waals surface area (Å²) in [5, 5.41) is 0.490. The monoisotopic (exact) mass is 293 g/mol. The molecule has 0 saturated heterocycles. The molecular weight excluding hydrogens is 274 g/mol. The fourth-order valence-corrected chi connectivity index (χ4v) is 6.26. The zero-order valence-electron chi connectivity index (χ0n) is 11.6. The lowest BCUT2D eigenvalue weighted by Crippen LogP contribution is -2.70. The van der Waals surface area contributed by atoms with E-state index in [1.807, 2.05) is 12.1 Å². The van der Waals surface area contributed by atoms with Gasteiger partial charge in [0.15, 0.2) is 0 Å². The molecule has 3 fully saturated rings. The molecule has 0 aliphatic heterocycles. The van der Waals surface area contributed by atoms with Crippen molar-refractivity contribution in [3.8, 4) is 0 Å². The second-order valence-electron chi connectivity index (χ2n) is 7.08. The van der Waals surface area contributed by atoms with Crippen LogP contribution in [0.3, 0.4) is 0 Å². The maximum Gasteiger partial charge on any atom is 0.339 e. The van der Waals surface area contributed by atoms with Crippen molar-refractivity contribution in [2.75, 3.05) is 0 Å². The number of hydrogen-bond donors (Lipinski definition) is 0. The van der Waals surface area contributed by atoms with Crippen LogP contribution < -0.4 is 4.84 Å². The maximum atomic E-state index is 12.3. The molecule has 1 heterocycles. The van der Waals surface area contributed by atoms with Crippen LogP contribution in [0, 0.1) is 10.1 Å². The van der Waals surface area contributed by atoms with E-state index in [2.05, 4.69) is 19.6 Å². The fraction of sp³-hybridized carbons (Fsp3) is 0.571. The Morgan fingerprint density at radius 2 is 1.95 bits per heavy atom. The maximum absolute atomic E-state index is 12.3. The summed E-state index contributed by atoms with van der Waals surface area (Å²) in [5.74, 6) is -0.102. The number of nitrogens with zero attached hydrogens (tertiary/aromatic N) is 1. The van der Waals surface area contributed by atoms with Gasteiger partial charge >= 0.3 is 5.97 Å². The van der Waals surface area contributed by atoms with E-state index in [1.54, 1.807) is 12.3 Å². The third-order valence-corrected chi connectivity index (χ3v) is 9.05. The van der Waals surface area contributed by atoms with Crippen molar-refractivity contribution >= 4 is 26.3 Å². The van der Waals surface area contributed by atoms with Crippen molar-refractivity contribution in [1.29, 1.82) is 0 Å². The summed E-state index contributed by atoms with van der Waals surface area (Å²) in [6.45, 7) is 7.19. The minimum Gasteiger partial charge on any atom is -0.335 e. The van der Waals surface area contributed by atoms with E-state index in [-0.39, 0.29) is 11.4 Å². The number of carbonyl (C=O) groups is 1. The summed E-state index contributed by atoms with van der Waals surface area (Å²) in [5.41, 5.74) is -0.203. The summed E-state index contributed by atoms with van der Waals surface area (Å²) < 4.78 is 1.93. The Kier molecular flexibility index (Phi) is 2.61. The van der Waals surface area contributed by atoms with Crippen molar-refractivity contribution in [1.82, 2.24) is 4.73 Å². The predicted octanol–water partition coefficient (Wildman–Crippen LogP) is 3.44. The lowest BCUT2D eigenvalue weighted by Gasteiger charge is -2.73. The number of aromatic nitrogens is 1. The highest BCUT2D eigenvalue weighted by molar-refractivity contribution is 7.71. The second kappa shape index (κ2) is 3.79. The van der Waals surface area contributed by atoms with E-state index in [0.29, 0.717) is 9.68 Å². The van der Waals surface area contributed by atoms with E-state index < -0.39 is 8.07 Å². The molecule has 4 rings (SSSR count). The van der Waals surface area contributed by atoms with Gasteiger partial charge in [-0.1, -0.05) is 37.9 Å². The van der Waals surface area contributed by atoms with Crippen LogP contribution >= 0.6 is 12.2 Å². The Bertz CT molecular complexity index is 582. The molecule has 0 atom stereocenters. The molecule has 102 valence electrons. The van der Waals surface area contributed by atoms with Crippen molar-refractivity contribution < 1.29 is 9.63 Å². The van der Waals surface area contributed by atoms with Gasteiger partial charge in [0.05, 0.1) is 13.5 Å². The normalized spacial score (nSPS) is 32.2. The molecule has 1 aromatic rings. The van der Waals surface area contributed by atoms with Crippen LogP contribution in [0.5, 0.6) is 0 Å². The molecule has 5 heteroatoms. The standard InChI is InChI=1S/C14H19NO2SSi/c1-19(2,3)14-8-13(9-14,10-14)12(16)17-15-7-5-4-6-11(15)18/h4-7H,8-10H2,1-3H3. The van der Waals surface area contributed by atoms with Gasteiger partial charge in [-0.15, -0.1) is 0 Å². The molecule has 1 aromatic heterocycles. The molecule has 0 radical (unpaired) electrons. The highest BCUT2D eigenvalue weighted by atomic mass is 32.1. The first kappa shape index (κ1) is 13.1. The third kappa shape index (κ3) is 1.75. The number of carbonyl (C=O) groups excluding carboxylic acids is 1. The molecule has 19 heavy (non-hydrogen) atoms. The van der Waals surface area contributed by atoms with Crippen molar-refractivity contribution in [2.45, 2.75) is 43.9 Å². The Morgan fingerprint density at radius 3 is 2.47 bits per heavy atom. The summed E-state index contributed by atoms with van der Waals surface area (Å²) in [6, 6.07) is 5.41. The number of hydrogen-bond acceptors (Lipinski definition) is 3. The van der Waals surface area contributed by atoms with Crippen LogP contribution in [-0.4, -0.2) is 18.8 Å². The Labute approximate surface area is 119 Å². The topological polar surface area (TPSA) is 31.2 Å². The van der Waals surface area contributed by atoms with Gasteiger partial charge in [-0.2, -0.15) is 4.73 Å². The lowest BCUT2D eigenvalue weighted by atomic mass is 9.43. The fourth-order valence-electron chi connectivity index (χ4n) is 3.47. The molecule has 0 aromatic carbocycles. The van der Waals surface area contributed by atoms with Crippen LogP contribution in [0.15, 0.2) is 24.4 Å². The number of rotatable bonds is 3. The SMILES string of the molecule is C[Si](C)(C)C12CC(C(=O)On3ccccc3=S)(C1)C2. The van der Waals surface area contributed by atoms with E-state index in [9.17, 15) is 4.79 Å². The van der Waals surface area contributed by atoms with Gasteiger partial charge < -0.3 is 4.84 Å². The minimum atomic E-state index is -1.16. The number of pyridine rings is 1. The molecule has 0 amide bonds. The molecule has 0 spiro atoms. The van der Waals surface area contributed by atoms with E-state index >= 15 is 0 Å². The molecule has 0 N–H and O–H groups in total. The molecule has 3 aliphatic carbocycles. The van der Waals surface area contributed by atoms with E-state index in [4.69, 9.17) is 17.1 Å². The van der Waals surface area contributed by atoms with Gasteiger partial charge in [-0.3, -0.25) is 0 Å². The Balaban J connectivity index is 1.70.